The zero-order valence-electron chi connectivity index (χ0n) is 37.5. The summed E-state index contributed by atoms with van der Waals surface area (Å²) in [6.45, 7) is 4.28. The Bertz CT molecular complexity index is 1200. The standard InChI is InChI=1S/C46H84NO11P/c1-6-8-10-11-12-13-14-15-16-17-18-19-20-21-24-28-35-54-38-41(39-56-59(52,53)55-36-34-47(3,4)5)57-45(50)31-27-23-22-26-30-42-43(49)37-46(51)58-44(42)33-32-40(48)29-25-9-7-2/h13-14,22,26,28,32-33,35,40-44,46,48-49,51H,6-12,15-21,23-25,27,29-31,34,36-39H2,1-5H3/b14-13-,26-22-,33-32+,35-28-/t40-,41+,42-,43-,44+,46?/m0/s1. The maximum Gasteiger partial charge on any atom is 0.306 e. The summed E-state index contributed by atoms with van der Waals surface area (Å²) < 4.78 is 40.0. The second-order valence-corrected chi connectivity index (χ2v) is 18.4. The van der Waals surface area contributed by atoms with Gasteiger partial charge in [-0.05, 0) is 70.3 Å². The van der Waals surface area contributed by atoms with Crippen molar-refractivity contribution in [2.45, 2.75) is 186 Å². The van der Waals surface area contributed by atoms with Crippen LogP contribution in [0.2, 0.25) is 0 Å². The number of hydrogen-bond acceptors (Lipinski definition) is 11. The lowest BCUT2D eigenvalue weighted by Gasteiger charge is -2.36. The third-order valence-corrected chi connectivity index (χ3v) is 11.2. The molecule has 1 aliphatic rings. The maximum absolute atomic E-state index is 12.8. The van der Waals surface area contributed by atoms with Crippen molar-refractivity contribution in [2.75, 3.05) is 47.5 Å². The molecule has 3 N–H and O–H groups in total. The van der Waals surface area contributed by atoms with E-state index in [1.165, 1.54) is 64.2 Å². The van der Waals surface area contributed by atoms with Gasteiger partial charge in [0.15, 0.2) is 12.4 Å². The lowest BCUT2D eigenvalue weighted by Crippen LogP contribution is -2.43. The Labute approximate surface area is 358 Å². The average Bonchev–Trinajstić information content (AvgIpc) is 3.17. The normalized spacial score (nSPS) is 21.2. The second-order valence-electron chi connectivity index (χ2n) is 17.0. The first-order valence-corrected chi connectivity index (χ1v) is 24.3. The van der Waals surface area contributed by atoms with Crippen LogP contribution in [0.25, 0.3) is 0 Å². The molecule has 12 nitrogen and oxygen atoms in total. The number of quaternary nitrogens is 1. The predicted molar refractivity (Wildman–Crippen MR) is 234 cm³/mol. The van der Waals surface area contributed by atoms with E-state index in [1.807, 2.05) is 39.4 Å². The molecule has 0 amide bonds. The minimum absolute atomic E-state index is 0.0353. The second kappa shape index (κ2) is 34.7. The first kappa shape index (κ1) is 55.2. The van der Waals surface area contributed by atoms with Crippen LogP contribution in [-0.4, -0.2) is 104 Å². The lowest BCUT2D eigenvalue weighted by molar-refractivity contribution is -0.870. The number of unbranched alkanes of at least 4 members (excludes halogenated alkanes) is 14. The van der Waals surface area contributed by atoms with Crippen LogP contribution in [0, 0.1) is 5.92 Å². The predicted octanol–water partition coefficient (Wildman–Crippen LogP) is 8.98. The maximum atomic E-state index is 12.8. The molecule has 0 bridgehead atoms. The quantitative estimate of drug-likeness (QED) is 0.0136. The van der Waals surface area contributed by atoms with Gasteiger partial charge in [-0.3, -0.25) is 9.36 Å². The number of esters is 1. The number of nitrogens with zero attached hydrogens (tertiary/aromatic N) is 1. The SMILES string of the molecule is CCCCCC/C=C\CCCCCCCC/C=C\OC[C@H](COP(=O)([O-])OCC[N+](C)(C)C)OC(=O)CCC/C=C\C[C@H]1[C@@H](O)CC(O)O[C@@H]1/C=C/[C@@H](O)CCCCC. The summed E-state index contributed by atoms with van der Waals surface area (Å²) in [5, 5.41) is 31.0. The lowest BCUT2D eigenvalue weighted by atomic mass is 9.87. The molecule has 1 fully saturated rings. The molecule has 344 valence electrons. The van der Waals surface area contributed by atoms with Gasteiger partial charge in [0.25, 0.3) is 7.82 Å². The molecular weight excluding hydrogens is 773 g/mol. The molecule has 13 heteroatoms. The highest BCUT2D eigenvalue weighted by Gasteiger charge is 2.35. The van der Waals surface area contributed by atoms with Gasteiger partial charge in [0, 0.05) is 18.8 Å². The largest absolute Gasteiger partial charge is 0.756 e. The van der Waals surface area contributed by atoms with Crippen LogP contribution in [0.4, 0.5) is 0 Å². The number of hydrogen-bond donors (Lipinski definition) is 3. The topological polar surface area (TPSA) is 164 Å². The zero-order chi connectivity index (χ0) is 43.6. The van der Waals surface area contributed by atoms with Crippen molar-refractivity contribution in [3.05, 3.63) is 48.8 Å². The van der Waals surface area contributed by atoms with Gasteiger partial charge in [0.1, 0.15) is 19.8 Å². The fourth-order valence-electron chi connectivity index (χ4n) is 6.54. The third-order valence-electron chi connectivity index (χ3n) is 10.2. The van der Waals surface area contributed by atoms with Gasteiger partial charge in [-0.1, -0.05) is 115 Å². The summed E-state index contributed by atoms with van der Waals surface area (Å²) in [4.78, 5) is 25.2. The summed E-state index contributed by atoms with van der Waals surface area (Å²) in [5.74, 6) is -0.795. The number of phosphoric ester groups is 1. The molecule has 1 saturated heterocycles. The van der Waals surface area contributed by atoms with Gasteiger partial charge in [-0.25, -0.2) is 0 Å². The van der Waals surface area contributed by atoms with Crippen molar-refractivity contribution in [1.29, 1.82) is 0 Å². The van der Waals surface area contributed by atoms with E-state index in [4.69, 9.17) is 23.3 Å². The van der Waals surface area contributed by atoms with E-state index >= 15 is 0 Å². The number of aliphatic hydroxyl groups is 3. The Balaban J connectivity index is 2.51. The van der Waals surface area contributed by atoms with E-state index in [2.05, 4.69) is 26.0 Å². The van der Waals surface area contributed by atoms with Crippen LogP contribution in [0.15, 0.2) is 48.8 Å². The van der Waals surface area contributed by atoms with Crippen molar-refractivity contribution in [2.24, 2.45) is 5.92 Å². The molecule has 0 aromatic heterocycles. The molecule has 1 aliphatic heterocycles. The van der Waals surface area contributed by atoms with Gasteiger partial charge in [0.05, 0.1) is 52.3 Å². The van der Waals surface area contributed by atoms with Gasteiger partial charge < -0.3 is 48.0 Å². The number of carbonyl (C=O) groups is 1. The first-order chi connectivity index (χ1) is 28.3. The first-order valence-electron chi connectivity index (χ1n) is 22.8. The Morgan fingerprint density at radius 1 is 0.814 bits per heavy atom. The summed E-state index contributed by atoms with van der Waals surface area (Å²) in [5.41, 5.74) is 0. The van der Waals surface area contributed by atoms with E-state index in [0.717, 1.165) is 38.5 Å². The molecule has 0 aromatic carbocycles. The molecule has 1 rings (SSSR count). The summed E-state index contributed by atoms with van der Waals surface area (Å²) >= 11 is 0. The van der Waals surface area contributed by atoms with Crippen LogP contribution in [-0.2, 0) is 32.6 Å². The number of rotatable bonds is 37. The molecule has 0 aliphatic carbocycles. The molecule has 0 spiro atoms. The minimum atomic E-state index is -4.62. The summed E-state index contributed by atoms with van der Waals surface area (Å²) in [6, 6.07) is 0. The van der Waals surface area contributed by atoms with Crippen LogP contribution in [0.5, 0.6) is 0 Å². The molecule has 0 saturated carbocycles. The molecular formula is C46H84NO11P. The highest BCUT2D eigenvalue weighted by molar-refractivity contribution is 7.45. The molecule has 59 heavy (non-hydrogen) atoms. The Morgan fingerprint density at radius 2 is 1.41 bits per heavy atom. The van der Waals surface area contributed by atoms with Crippen LogP contribution in [0.3, 0.4) is 0 Å². The third kappa shape index (κ3) is 32.5. The number of phosphoric acid groups is 1. The van der Waals surface area contributed by atoms with Gasteiger partial charge in [-0.15, -0.1) is 0 Å². The van der Waals surface area contributed by atoms with Crippen LogP contribution >= 0.6 is 7.82 Å². The van der Waals surface area contributed by atoms with Crippen molar-refractivity contribution < 1.29 is 57.3 Å². The molecule has 1 heterocycles. The highest BCUT2D eigenvalue weighted by atomic mass is 31.2. The van der Waals surface area contributed by atoms with Crippen molar-refractivity contribution >= 4 is 13.8 Å². The fourth-order valence-corrected chi connectivity index (χ4v) is 7.27. The highest BCUT2D eigenvalue weighted by Crippen LogP contribution is 2.38. The van der Waals surface area contributed by atoms with E-state index < -0.39 is 51.1 Å². The number of likely N-dealkylation sites (N-methyl/N-ethyl adjacent to an activating group) is 1. The Hall–Kier alpha value is -1.86. The number of ether oxygens (including phenoxy) is 3. The van der Waals surface area contributed by atoms with Crippen molar-refractivity contribution in [3.8, 4) is 0 Å². The monoisotopic (exact) mass is 858 g/mol. The molecule has 0 radical (unpaired) electrons. The van der Waals surface area contributed by atoms with Crippen molar-refractivity contribution in [1.82, 2.24) is 0 Å². The van der Waals surface area contributed by atoms with Crippen molar-refractivity contribution in [3.63, 3.8) is 0 Å². The fraction of sp³-hybridized carbons (Fsp3) is 0.804. The van der Waals surface area contributed by atoms with Gasteiger partial charge in [-0.2, -0.15) is 0 Å². The van der Waals surface area contributed by atoms with E-state index in [9.17, 15) is 29.6 Å². The van der Waals surface area contributed by atoms with Crippen LogP contribution < -0.4 is 4.89 Å². The Kier molecular flexibility index (Phi) is 32.4. The van der Waals surface area contributed by atoms with Crippen LogP contribution in [0.1, 0.15) is 155 Å². The van der Waals surface area contributed by atoms with E-state index in [-0.39, 0.29) is 32.0 Å². The zero-order valence-corrected chi connectivity index (χ0v) is 38.4. The summed E-state index contributed by atoms with van der Waals surface area (Å²) in [6.07, 6.45) is 32.6. The number of aliphatic hydroxyl groups excluding tert-OH is 3. The van der Waals surface area contributed by atoms with E-state index in [0.29, 0.717) is 36.7 Å². The molecule has 0 aromatic rings. The van der Waals surface area contributed by atoms with Gasteiger partial charge in [0.2, 0.25) is 0 Å². The van der Waals surface area contributed by atoms with E-state index in [1.54, 1.807) is 18.4 Å². The summed E-state index contributed by atoms with van der Waals surface area (Å²) in [7, 11) is 1.15. The minimum Gasteiger partial charge on any atom is -0.756 e. The van der Waals surface area contributed by atoms with Gasteiger partial charge >= 0.3 is 5.97 Å². The number of allylic oxidation sites excluding steroid dienone is 5. The average molecular weight is 858 g/mol. The molecule has 7 atom stereocenters. The Morgan fingerprint density at radius 3 is 2.07 bits per heavy atom. The molecule has 2 unspecified atom stereocenters. The smallest absolute Gasteiger partial charge is 0.306 e. The number of carbonyl (C=O) groups excluding carboxylic acids is 1.